The number of aliphatic carboxylic acids is 1. The average Bonchev–Trinajstić information content (AvgIpc) is 2.93. The van der Waals surface area contributed by atoms with E-state index in [1.54, 1.807) is 17.8 Å². The number of alkyl halides is 3. The zero-order valence-electron chi connectivity index (χ0n) is 21.2. The Kier molecular flexibility index (Phi) is 9.19. The van der Waals surface area contributed by atoms with E-state index < -0.39 is 24.3 Å². The van der Waals surface area contributed by atoms with Crippen molar-refractivity contribution in [2.45, 2.75) is 24.4 Å². The molecule has 0 aliphatic heterocycles. The molecule has 0 fully saturated rings. The standard InChI is InChI=1S/C31H27F3O4S/c1-2-22-17-27(14-15-29(22)38-19-30(35)36)39-20-21(16-24-8-5-7-23-6-3-4-9-28(23)24)18-37-26-12-10-25(11-13-26)31(32,33)34/h3-17H,2,18-20H2,1H3,(H,35,36)/b21-16-. The first-order valence-corrected chi connectivity index (χ1v) is 13.3. The molecule has 0 saturated heterocycles. The van der Waals surface area contributed by atoms with Gasteiger partial charge in [0.25, 0.3) is 0 Å². The maximum atomic E-state index is 12.9. The molecule has 4 rings (SSSR count). The van der Waals surface area contributed by atoms with Crippen molar-refractivity contribution < 1.29 is 32.5 Å². The van der Waals surface area contributed by atoms with Crippen molar-refractivity contribution in [2.24, 2.45) is 0 Å². The van der Waals surface area contributed by atoms with Gasteiger partial charge in [-0.15, -0.1) is 11.8 Å². The predicted molar refractivity (Wildman–Crippen MR) is 149 cm³/mol. The van der Waals surface area contributed by atoms with Gasteiger partial charge in [0, 0.05) is 10.6 Å². The van der Waals surface area contributed by atoms with Gasteiger partial charge >= 0.3 is 12.1 Å². The fourth-order valence-electron chi connectivity index (χ4n) is 4.02. The second kappa shape index (κ2) is 12.8. The molecule has 4 aromatic rings. The zero-order valence-corrected chi connectivity index (χ0v) is 22.0. The molecule has 0 unspecified atom stereocenters. The van der Waals surface area contributed by atoms with Gasteiger partial charge in [0.15, 0.2) is 6.61 Å². The zero-order chi connectivity index (χ0) is 27.8. The summed E-state index contributed by atoms with van der Waals surface area (Å²) in [4.78, 5) is 11.9. The van der Waals surface area contributed by atoms with Gasteiger partial charge in [-0.25, -0.2) is 4.79 Å². The summed E-state index contributed by atoms with van der Waals surface area (Å²) in [6.45, 7) is 1.77. The maximum Gasteiger partial charge on any atom is 0.416 e. The van der Waals surface area contributed by atoms with Crippen molar-refractivity contribution in [2.75, 3.05) is 19.0 Å². The van der Waals surface area contributed by atoms with Crippen LogP contribution in [-0.2, 0) is 17.4 Å². The molecule has 0 aliphatic carbocycles. The van der Waals surface area contributed by atoms with Gasteiger partial charge < -0.3 is 14.6 Å². The van der Waals surface area contributed by atoms with Crippen LogP contribution in [0.5, 0.6) is 11.5 Å². The van der Waals surface area contributed by atoms with E-state index in [9.17, 15) is 18.0 Å². The van der Waals surface area contributed by atoms with Crippen LogP contribution in [0.4, 0.5) is 13.2 Å². The van der Waals surface area contributed by atoms with Gasteiger partial charge in [0.1, 0.15) is 18.1 Å². The summed E-state index contributed by atoms with van der Waals surface area (Å²) in [5.74, 6) is 0.431. The van der Waals surface area contributed by atoms with E-state index in [1.165, 1.54) is 12.1 Å². The first-order valence-electron chi connectivity index (χ1n) is 12.3. The highest BCUT2D eigenvalue weighted by Gasteiger charge is 2.30. The minimum Gasteiger partial charge on any atom is -0.489 e. The molecule has 0 aromatic heterocycles. The number of carboxylic acid groups (broad SMARTS) is 1. The van der Waals surface area contributed by atoms with Crippen molar-refractivity contribution in [3.8, 4) is 11.5 Å². The molecule has 8 heteroatoms. The third-order valence-corrected chi connectivity index (χ3v) is 7.08. The Morgan fingerprint density at radius 2 is 1.67 bits per heavy atom. The quantitative estimate of drug-likeness (QED) is 0.190. The van der Waals surface area contributed by atoms with Gasteiger partial charge in [-0.05, 0) is 76.4 Å². The van der Waals surface area contributed by atoms with E-state index >= 15 is 0 Å². The third-order valence-electron chi connectivity index (χ3n) is 5.98. The summed E-state index contributed by atoms with van der Waals surface area (Å²) in [5, 5.41) is 11.1. The Balaban J connectivity index is 1.56. The molecule has 0 bridgehead atoms. The van der Waals surface area contributed by atoms with Crippen molar-refractivity contribution >= 4 is 34.6 Å². The Hall–Kier alpha value is -3.91. The van der Waals surface area contributed by atoms with E-state index in [-0.39, 0.29) is 6.61 Å². The fraction of sp³-hybridized carbons (Fsp3) is 0.194. The van der Waals surface area contributed by atoms with Crippen molar-refractivity contribution in [3.63, 3.8) is 0 Å². The smallest absolute Gasteiger partial charge is 0.416 e. The number of hydrogen-bond donors (Lipinski definition) is 1. The second-order valence-electron chi connectivity index (χ2n) is 8.78. The second-order valence-corrected chi connectivity index (χ2v) is 9.82. The number of benzene rings is 4. The fourth-order valence-corrected chi connectivity index (χ4v) is 4.92. The summed E-state index contributed by atoms with van der Waals surface area (Å²) in [7, 11) is 0. The van der Waals surface area contributed by atoms with E-state index in [1.807, 2.05) is 61.5 Å². The monoisotopic (exact) mass is 552 g/mol. The van der Waals surface area contributed by atoms with Crippen LogP contribution in [0.2, 0.25) is 0 Å². The molecule has 39 heavy (non-hydrogen) atoms. The number of hydrogen-bond acceptors (Lipinski definition) is 4. The van der Waals surface area contributed by atoms with Crippen LogP contribution in [0.15, 0.2) is 95.4 Å². The molecule has 0 saturated carbocycles. The van der Waals surface area contributed by atoms with Crippen LogP contribution in [0.1, 0.15) is 23.6 Å². The first kappa shape index (κ1) is 28.1. The van der Waals surface area contributed by atoms with Gasteiger partial charge in [-0.3, -0.25) is 0 Å². The summed E-state index contributed by atoms with van der Waals surface area (Å²) in [5.41, 5.74) is 2.15. The molecule has 4 nitrogen and oxygen atoms in total. The Morgan fingerprint density at radius 1 is 0.923 bits per heavy atom. The van der Waals surface area contributed by atoms with E-state index in [4.69, 9.17) is 14.6 Å². The van der Waals surface area contributed by atoms with Gasteiger partial charge in [0.05, 0.1) is 5.56 Å². The third kappa shape index (κ3) is 7.80. The minimum atomic E-state index is -4.40. The van der Waals surface area contributed by atoms with Gasteiger partial charge in [0.2, 0.25) is 0 Å². The van der Waals surface area contributed by atoms with Crippen molar-refractivity contribution in [1.29, 1.82) is 0 Å². The van der Waals surface area contributed by atoms with E-state index in [0.29, 0.717) is 23.7 Å². The lowest BCUT2D eigenvalue weighted by atomic mass is 10.0. The maximum absolute atomic E-state index is 12.9. The van der Waals surface area contributed by atoms with Crippen molar-refractivity contribution in [3.05, 3.63) is 107 Å². The van der Waals surface area contributed by atoms with Crippen molar-refractivity contribution in [1.82, 2.24) is 0 Å². The van der Waals surface area contributed by atoms with E-state index in [2.05, 4.69) is 6.08 Å². The topological polar surface area (TPSA) is 55.8 Å². The highest BCUT2D eigenvalue weighted by atomic mass is 32.2. The lowest BCUT2D eigenvalue weighted by molar-refractivity contribution is -0.139. The number of carbonyl (C=O) groups is 1. The van der Waals surface area contributed by atoms with Crippen LogP contribution in [0, 0.1) is 0 Å². The van der Waals surface area contributed by atoms with Crippen LogP contribution < -0.4 is 9.47 Å². The molecule has 0 spiro atoms. The van der Waals surface area contributed by atoms with Crippen LogP contribution in [0.3, 0.4) is 0 Å². The lowest BCUT2D eigenvalue weighted by Gasteiger charge is -2.14. The summed E-state index contributed by atoms with van der Waals surface area (Å²) < 4.78 is 50.1. The normalized spacial score (nSPS) is 11.9. The predicted octanol–water partition coefficient (Wildman–Crippen LogP) is 8.14. The van der Waals surface area contributed by atoms with Gasteiger partial charge in [-0.1, -0.05) is 55.5 Å². The number of fused-ring (bicyclic) bond motifs is 1. The molecule has 1 N–H and O–H groups in total. The van der Waals surface area contributed by atoms with Crippen LogP contribution in [-0.4, -0.2) is 30.0 Å². The molecule has 0 radical (unpaired) electrons. The average molecular weight is 553 g/mol. The SMILES string of the molecule is CCc1cc(SC/C(=C\c2cccc3ccccc23)COc2ccc(C(F)(F)F)cc2)ccc1OCC(=O)O. The number of aryl methyl sites for hydroxylation is 1. The molecule has 202 valence electrons. The number of halogens is 3. The molecule has 0 atom stereocenters. The minimum absolute atomic E-state index is 0.196. The molecule has 4 aromatic carbocycles. The number of ether oxygens (including phenoxy) is 2. The molecule has 0 heterocycles. The van der Waals surface area contributed by atoms with Gasteiger partial charge in [-0.2, -0.15) is 13.2 Å². The molecule has 0 amide bonds. The summed E-state index contributed by atoms with van der Waals surface area (Å²) in [6.07, 6.45) is -1.66. The van der Waals surface area contributed by atoms with Crippen LogP contribution in [0.25, 0.3) is 16.8 Å². The Morgan fingerprint density at radius 3 is 2.38 bits per heavy atom. The number of thioether (sulfide) groups is 1. The number of rotatable bonds is 11. The molecular weight excluding hydrogens is 525 g/mol. The highest BCUT2D eigenvalue weighted by molar-refractivity contribution is 7.99. The summed E-state index contributed by atoms with van der Waals surface area (Å²) in [6, 6.07) is 24.4. The largest absolute Gasteiger partial charge is 0.489 e. The Bertz CT molecular complexity index is 1460. The Labute approximate surface area is 229 Å². The highest BCUT2D eigenvalue weighted by Crippen LogP contribution is 2.32. The molecule has 0 aliphatic rings. The lowest BCUT2D eigenvalue weighted by Crippen LogP contribution is -2.10. The summed E-state index contributed by atoms with van der Waals surface area (Å²) >= 11 is 1.59. The van der Waals surface area contributed by atoms with E-state index in [0.717, 1.165) is 44.5 Å². The van der Waals surface area contributed by atoms with Crippen LogP contribution >= 0.6 is 11.8 Å². The number of carboxylic acids is 1. The molecular formula is C31H27F3O4S. The first-order chi connectivity index (χ1) is 18.7.